The van der Waals surface area contributed by atoms with Gasteiger partial charge in [0, 0.05) is 0 Å². The Morgan fingerprint density at radius 3 is 2.00 bits per heavy atom. The summed E-state index contributed by atoms with van der Waals surface area (Å²) in [6, 6.07) is 1.41. The Balaban J connectivity index is 2.44. The van der Waals surface area contributed by atoms with Crippen LogP contribution >= 0.6 is 11.5 Å². The molecule has 1 nitrogen and oxygen atoms in total. The van der Waals surface area contributed by atoms with Gasteiger partial charge in [-0.3, -0.25) is 0 Å². The number of hydrogen-bond acceptors (Lipinski definition) is 1. The largest absolute Gasteiger partial charge is 0.326 e. The third kappa shape index (κ3) is 1.41. The smallest absolute Gasteiger partial charge is 0.314 e. The quantitative estimate of drug-likeness (QED) is 0.504. The first-order valence-corrected chi connectivity index (χ1v) is 4.11. The molecule has 3 heteroatoms. The molecule has 0 aromatic rings. The summed E-state index contributed by atoms with van der Waals surface area (Å²) < 4.78 is 0. The Morgan fingerprint density at radius 1 is 1.33 bits per heavy atom. The lowest BCUT2D eigenvalue weighted by atomic mass is 10.2. The first kappa shape index (κ1) is 7.42. The van der Waals surface area contributed by atoms with Gasteiger partial charge in [0.25, 0.3) is 0 Å². The maximum absolute atomic E-state index is 5.72. The van der Waals surface area contributed by atoms with Crippen LogP contribution in [0.3, 0.4) is 0 Å². The average molecular weight is 145 g/mol. The van der Waals surface area contributed by atoms with Crippen molar-refractivity contribution in [3.63, 3.8) is 0 Å². The Hall–Kier alpha value is 0.315. The predicted octanol–water partition coefficient (Wildman–Crippen LogP) is 1.36. The van der Waals surface area contributed by atoms with Gasteiger partial charge in [0.1, 0.15) is 0 Å². The summed E-state index contributed by atoms with van der Waals surface area (Å²) >= 11 is 5.72. The second kappa shape index (κ2) is 2.93. The van der Waals surface area contributed by atoms with Gasteiger partial charge in [0.05, 0.1) is 0 Å². The van der Waals surface area contributed by atoms with Gasteiger partial charge in [-0.15, -0.1) is 0 Å². The summed E-state index contributed by atoms with van der Waals surface area (Å²) in [4.78, 5) is 2.33. The first-order chi connectivity index (χ1) is 4.25. The van der Waals surface area contributed by atoms with Crippen LogP contribution in [-0.2, 0) is 0 Å². The van der Waals surface area contributed by atoms with Crippen molar-refractivity contribution >= 4 is 18.3 Å². The van der Waals surface area contributed by atoms with Crippen molar-refractivity contribution in [1.29, 1.82) is 0 Å². The van der Waals surface area contributed by atoms with Crippen molar-refractivity contribution in [2.75, 3.05) is 0 Å². The van der Waals surface area contributed by atoms with E-state index in [0.29, 0.717) is 18.9 Å². The highest BCUT2D eigenvalue weighted by molar-refractivity contribution is 6.92. The summed E-state index contributed by atoms with van der Waals surface area (Å²) in [7, 11) is 0. The Kier molecular flexibility index (Phi) is 2.42. The maximum Gasteiger partial charge on any atom is 0.314 e. The van der Waals surface area contributed by atoms with E-state index in [0.717, 1.165) is 0 Å². The minimum atomic E-state index is 0.697. The first-order valence-electron chi connectivity index (χ1n) is 3.57. The zero-order chi connectivity index (χ0) is 6.85. The zero-order valence-corrected chi connectivity index (χ0v) is 6.86. The monoisotopic (exact) mass is 145 g/mol. The summed E-state index contributed by atoms with van der Waals surface area (Å²) in [6.45, 7) is 5.18. The third-order valence-corrected chi connectivity index (χ3v) is 2.55. The zero-order valence-electron chi connectivity index (χ0n) is 6.10. The summed E-state index contributed by atoms with van der Waals surface area (Å²) in [5.74, 6) is 0. The molecule has 1 saturated heterocycles. The van der Waals surface area contributed by atoms with Crippen molar-refractivity contribution in [2.45, 2.75) is 38.8 Å². The van der Waals surface area contributed by atoms with Crippen LogP contribution < -0.4 is 0 Å². The lowest BCUT2D eigenvalue weighted by molar-refractivity contribution is 0.374. The van der Waals surface area contributed by atoms with E-state index in [1.165, 1.54) is 12.8 Å². The lowest BCUT2D eigenvalue weighted by Gasteiger charge is -2.21. The molecule has 0 radical (unpaired) electrons. The van der Waals surface area contributed by atoms with Crippen molar-refractivity contribution in [3.05, 3.63) is 0 Å². The Morgan fingerprint density at radius 2 is 1.78 bits per heavy atom. The SMILES string of the molecule is CC1CCC(C)N1BCl. The van der Waals surface area contributed by atoms with Crippen molar-refractivity contribution in [3.8, 4) is 0 Å². The van der Waals surface area contributed by atoms with Gasteiger partial charge in [-0.05, 0) is 24.9 Å². The van der Waals surface area contributed by atoms with Crippen LogP contribution in [0.2, 0.25) is 0 Å². The highest BCUT2D eigenvalue weighted by atomic mass is 35.5. The topological polar surface area (TPSA) is 3.24 Å². The second-order valence-electron chi connectivity index (χ2n) is 2.91. The Labute approximate surface area is 62.5 Å². The molecule has 9 heavy (non-hydrogen) atoms. The molecule has 1 aliphatic rings. The van der Waals surface area contributed by atoms with E-state index in [1.807, 2.05) is 0 Å². The molecule has 52 valence electrons. The van der Waals surface area contributed by atoms with Crippen LogP contribution in [0, 0.1) is 0 Å². The molecule has 0 bridgehead atoms. The number of hydrogen-bond donors (Lipinski definition) is 0. The second-order valence-corrected chi connectivity index (χ2v) is 3.15. The molecule has 1 aliphatic heterocycles. The number of rotatable bonds is 1. The fourth-order valence-electron chi connectivity index (χ4n) is 1.48. The molecule has 2 atom stereocenters. The average Bonchev–Trinajstić information content (AvgIpc) is 2.12. The van der Waals surface area contributed by atoms with Gasteiger partial charge < -0.3 is 4.81 Å². The molecule has 2 unspecified atom stereocenters. The molecule has 0 aromatic carbocycles. The summed E-state index contributed by atoms with van der Waals surface area (Å²) in [5, 5.41) is 0. The van der Waals surface area contributed by atoms with Crippen LogP contribution in [0.15, 0.2) is 0 Å². The minimum Gasteiger partial charge on any atom is -0.326 e. The van der Waals surface area contributed by atoms with Gasteiger partial charge in [0.15, 0.2) is 0 Å². The highest BCUT2D eigenvalue weighted by Crippen LogP contribution is 2.22. The molecule has 1 rings (SSSR count). The Bertz CT molecular complexity index is 89.1. The molecule has 0 saturated carbocycles. The van der Waals surface area contributed by atoms with E-state index in [4.69, 9.17) is 11.5 Å². The van der Waals surface area contributed by atoms with Gasteiger partial charge in [-0.2, -0.15) is 11.5 Å². The molecule has 0 amide bonds. The predicted molar refractivity (Wildman–Crippen MR) is 43.0 cm³/mol. The van der Waals surface area contributed by atoms with E-state index in [2.05, 4.69) is 18.7 Å². The van der Waals surface area contributed by atoms with Gasteiger partial charge in [-0.1, -0.05) is 13.8 Å². The van der Waals surface area contributed by atoms with E-state index >= 15 is 0 Å². The number of nitrogens with zero attached hydrogens (tertiary/aromatic N) is 1. The maximum atomic E-state index is 5.72. The fraction of sp³-hybridized carbons (Fsp3) is 1.00. The molecule has 0 aromatic heterocycles. The van der Waals surface area contributed by atoms with Gasteiger partial charge in [-0.25, -0.2) is 0 Å². The number of halogens is 1. The molecular formula is C6H13BClN. The summed E-state index contributed by atoms with van der Waals surface area (Å²) in [6.07, 6.45) is 2.63. The van der Waals surface area contributed by atoms with E-state index in [-0.39, 0.29) is 0 Å². The van der Waals surface area contributed by atoms with Crippen molar-refractivity contribution in [2.24, 2.45) is 0 Å². The van der Waals surface area contributed by atoms with Crippen molar-refractivity contribution in [1.82, 2.24) is 4.81 Å². The van der Waals surface area contributed by atoms with E-state index in [1.54, 1.807) is 0 Å². The van der Waals surface area contributed by atoms with Crippen LogP contribution in [0.4, 0.5) is 0 Å². The molecule has 0 N–H and O–H groups in total. The van der Waals surface area contributed by atoms with E-state index in [9.17, 15) is 0 Å². The molecule has 1 heterocycles. The van der Waals surface area contributed by atoms with Crippen LogP contribution in [0.5, 0.6) is 0 Å². The normalized spacial score (nSPS) is 37.2. The standard InChI is InChI=1S/C6H13BClN/c1-5-3-4-6(2)9(5)7-8/h5-7H,3-4H2,1-2H3. The van der Waals surface area contributed by atoms with Crippen LogP contribution in [0.1, 0.15) is 26.7 Å². The fourth-order valence-corrected chi connectivity index (χ4v) is 1.96. The molecule has 0 spiro atoms. The van der Waals surface area contributed by atoms with Gasteiger partial charge in [0.2, 0.25) is 0 Å². The molecular weight excluding hydrogens is 132 g/mol. The summed E-state index contributed by atoms with van der Waals surface area (Å²) in [5.41, 5.74) is 0. The van der Waals surface area contributed by atoms with Gasteiger partial charge >= 0.3 is 6.83 Å². The highest BCUT2D eigenvalue weighted by Gasteiger charge is 2.25. The van der Waals surface area contributed by atoms with Crippen molar-refractivity contribution < 1.29 is 0 Å². The minimum absolute atomic E-state index is 0.697. The molecule has 1 fully saturated rings. The van der Waals surface area contributed by atoms with E-state index < -0.39 is 0 Å². The lowest BCUT2D eigenvalue weighted by Crippen LogP contribution is -2.33. The van der Waals surface area contributed by atoms with Crippen LogP contribution in [-0.4, -0.2) is 23.7 Å². The molecule has 0 aliphatic carbocycles. The third-order valence-electron chi connectivity index (χ3n) is 2.27. The van der Waals surface area contributed by atoms with Crippen LogP contribution in [0.25, 0.3) is 0 Å².